The zero-order valence-corrected chi connectivity index (χ0v) is 43.8. The normalized spacial score (nSPS) is 15.0. The van der Waals surface area contributed by atoms with Crippen LogP contribution in [0.3, 0.4) is 0 Å². The second-order valence-electron chi connectivity index (χ2n) is 16.6. The number of phenols is 2. The second-order valence-corrected chi connectivity index (χ2v) is 24.9. The highest BCUT2D eigenvalue weighted by Crippen LogP contribution is 2.79. The van der Waals surface area contributed by atoms with Crippen molar-refractivity contribution in [2.75, 3.05) is 0 Å². The molecule has 14 nitrogen and oxygen atoms in total. The number of para-hydroxylation sites is 6. The van der Waals surface area contributed by atoms with Gasteiger partial charge in [-0.05, 0) is 160 Å². The predicted molar refractivity (Wildman–Crippen MR) is 286 cm³/mol. The lowest BCUT2D eigenvalue weighted by Crippen LogP contribution is -2.12. The summed E-state index contributed by atoms with van der Waals surface area (Å²) in [6.45, 7) is 11.4. The molecule has 0 unspecified atom stereocenters. The molecule has 1 aliphatic heterocycles. The van der Waals surface area contributed by atoms with E-state index in [-0.39, 0.29) is 23.0 Å². The van der Waals surface area contributed by atoms with Gasteiger partial charge >= 0.3 is 30.6 Å². The molecule has 8 aromatic carbocycles. The van der Waals surface area contributed by atoms with Crippen molar-refractivity contribution in [3.63, 3.8) is 0 Å². The lowest BCUT2D eigenvalue weighted by atomic mass is 10.2. The fourth-order valence-corrected chi connectivity index (χ4v) is 19.5. The van der Waals surface area contributed by atoms with Gasteiger partial charge in [-0.2, -0.15) is 0 Å². The van der Waals surface area contributed by atoms with Gasteiger partial charge in [0.2, 0.25) is 0 Å². The Balaban J connectivity index is 1.54. The van der Waals surface area contributed by atoms with Gasteiger partial charge in [-0.3, -0.25) is 0 Å². The largest absolute Gasteiger partial charge is 0.508 e. The van der Waals surface area contributed by atoms with Crippen molar-refractivity contribution in [3.05, 3.63) is 228 Å². The summed E-state index contributed by atoms with van der Waals surface area (Å²) in [7, 11) is -18.3. The van der Waals surface area contributed by atoms with Gasteiger partial charge in [0, 0.05) is 0 Å². The van der Waals surface area contributed by atoms with Gasteiger partial charge in [-0.1, -0.05) is 127 Å². The molecule has 18 heteroatoms. The van der Waals surface area contributed by atoms with Crippen LogP contribution >= 0.6 is 30.6 Å². The van der Waals surface area contributed by atoms with Crippen LogP contribution in [0.5, 0.6) is 57.5 Å². The molecule has 0 bridgehead atoms. The van der Waals surface area contributed by atoms with Crippen molar-refractivity contribution in [2.24, 2.45) is 18.1 Å². The summed E-state index contributed by atoms with van der Waals surface area (Å²) in [5, 5.41) is 21.1. The number of nitrogens with zero attached hydrogens (tertiary/aromatic N) is 4. The molecule has 0 saturated carbocycles. The number of hydrogen-bond donors (Lipinski definition) is 2. The molecule has 0 atom stereocenters. The smallest absolute Gasteiger partial charge is 0.460 e. The Bertz CT molecular complexity index is 3200. The summed E-state index contributed by atoms with van der Waals surface area (Å²) in [6.07, 6.45) is 0. The summed E-state index contributed by atoms with van der Waals surface area (Å²) < 4.78 is 80.6. The van der Waals surface area contributed by atoms with Gasteiger partial charge in [-0.15, -0.1) is 0 Å². The minimum Gasteiger partial charge on any atom is -0.508 e. The lowest BCUT2D eigenvalue weighted by Gasteiger charge is -2.34. The third-order valence-corrected chi connectivity index (χ3v) is 21.6. The zero-order valence-electron chi connectivity index (χ0n) is 40.2. The first-order valence-electron chi connectivity index (χ1n) is 22.7. The van der Waals surface area contributed by atoms with Gasteiger partial charge in [0.25, 0.3) is 0 Å². The highest BCUT2D eigenvalue weighted by atomic mass is 31.3. The van der Waals surface area contributed by atoms with Gasteiger partial charge in [0.05, 0.1) is 0 Å². The first kappa shape index (κ1) is 49.7. The van der Waals surface area contributed by atoms with Crippen LogP contribution in [0.4, 0.5) is 0 Å². The SMILES string of the molecule is Cc1ccccc1OP1(Oc2ccccc2C)=NP(Oc2ccc(O)cc2)(Oc2ccc(O)cc2)=NP(Oc2ccccc2C)(Oc2ccccc2C)=NP(Oc2ccccc2C)(Oc2ccccc2C)=N1. The Morgan fingerprint density at radius 2 is 0.431 bits per heavy atom. The summed E-state index contributed by atoms with van der Waals surface area (Å²) in [5.41, 5.74) is 4.31. The third-order valence-electron chi connectivity index (χ3n) is 10.9. The third kappa shape index (κ3) is 11.7. The van der Waals surface area contributed by atoms with Crippen molar-refractivity contribution in [2.45, 2.75) is 41.5 Å². The van der Waals surface area contributed by atoms with E-state index >= 15 is 0 Å². The monoisotopic (exact) mass is 1040 g/mol. The van der Waals surface area contributed by atoms with Gasteiger partial charge < -0.3 is 46.4 Å². The molecule has 8 aromatic rings. The Hall–Kier alpha value is -7.32. The van der Waals surface area contributed by atoms with Crippen molar-refractivity contribution in [1.82, 2.24) is 0 Å². The van der Waals surface area contributed by atoms with Crippen LogP contribution in [0, 0.1) is 41.5 Å². The average Bonchev–Trinajstić information content (AvgIpc) is 3.35. The Morgan fingerprint density at radius 1 is 0.250 bits per heavy atom. The van der Waals surface area contributed by atoms with Crippen molar-refractivity contribution < 1.29 is 46.4 Å². The number of benzene rings is 8. The van der Waals surface area contributed by atoms with Crippen LogP contribution in [-0.4, -0.2) is 10.2 Å². The Morgan fingerprint density at radius 3 is 0.625 bits per heavy atom. The van der Waals surface area contributed by atoms with E-state index in [1.54, 1.807) is 60.7 Å². The zero-order chi connectivity index (χ0) is 50.4. The van der Waals surface area contributed by atoms with Crippen LogP contribution in [-0.2, 0) is 0 Å². The molecule has 2 N–H and O–H groups in total. The molecule has 9 rings (SSSR count). The fourth-order valence-electron chi connectivity index (χ4n) is 7.02. The number of phenolic OH excluding ortho intramolecular Hbond substituents is 2. The van der Waals surface area contributed by atoms with E-state index in [0.29, 0.717) is 56.8 Å². The molecule has 1 heterocycles. The topological polar surface area (TPSA) is 164 Å². The van der Waals surface area contributed by atoms with Crippen LogP contribution < -0.4 is 36.2 Å². The van der Waals surface area contributed by atoms with Gasteiger partial charge in [0.1, 0.15) is 57.5 Å². The van der Waals surface area contributed by atoms with E-state index in [1.165, 1.54) is 24.3 Å². The van der Waals surface area contributed by atoms with Crippen LogP contribution in [0.15, 0.2) is 212 Å². The fraction of sp³-hybridized carbons (Fsp3) is 0.111. The Labute approximate surface area is 419 Å². The van der Waals surface area contributed by atoms with E-state index < -0.39 is 30.6 Å². The molecule has 0 amide bonds. The van der Waals surface area contributed by atoms with Gasteiger partial charge in [-0.25, -0.2) is 0 Å². The molecule has 0 saturated heterocycles. The van der Waals surface area contributed by atoms with E-state index in [2.05, 4.69) is 0 Å². The van der Waals surface area contributed by atoms with E-state index in [0.717, 1.165) is 11.1 Å². The van der Waals surface area contributed by atoms with Gasteiger partial charge in [0.15, 0.2) is 0 Å². The average molecular weight is 1040 g/mol. The van der Waals surface area contributed by atoms with Crippen LogP contribution in [0.2, 0.25) is 0 Å². The molecule has 0 radical (unpaired) electrons. The van der Waals surface area contributed by atoms with Crippen molar-refractivity contribution >= 4 is 30.6 Å². The summed E-state index contributed by atoms with van der Waals surface area (Å²) in [6, 6.07) is 56.4. The lowest BCUT2D eigenvalue weighted by molar-refractivity contribution is 0.439. The summed E-state index contributed by atoms with van der Waals surface area (Å²) >= 11 is 0. The van der Waals surface area contributed by atoms with Crippen LogP contribution in [0.25, 0.3) is 0 Å². The minimum atomic E-state index is -4.62. The van der Waals surface area contributed by atoms with E-state index in [1.807, 2.05) is 151 Å². The highest BCUT2D eigenvalue weighted by Gasteiger charge is 2.50. The highest BCUT2D eigenvalue weighted by molar-refractivity contribution is 7.79. The summed E-state index contributed by atoms with van der Waals surface area (Å²) in [5.74, 6) is 2.39. The van der Waals surface area contributed by atoms with E-state index in [4.69, 9.17) is 54.3 Å². The van der Waals surface area contributed by atoms with Crippen molar-refractivity contribution in [3.8, 4) is 57.5 Å². The van der Waals surface area contributed by atoms with Crippen LogP contribution in [0.1, 0.15) is 33.4 Å². The maximum Gasteiger partial charge on any atom is 0.460 e. The first-order valence-corrected chi connectivity index (χ1v) is 28.9. The molecule has 72 heavy (non-hydrogen) atoms. The molecule has 0 aliphatic carbocycles. The standard InChI is InChI=1S/C54H52N4O10P4/c1-39-19-7-13-25-49(39)63-70(64-50-26-14-8-20-40(50)2)55-69(61-47-35-31-45(59)32-36-47,62-48-37-33-46(60)34-38-48)56-71(65-51-27-15-9-21-41(51)3,66-52-28-16-10-22-42(52)4)58-72(57-70,67-53-29-17-11-23-43(53)5)68-54-30-18-12-24-44(54)6/h7-38,59-60H,1-6H3. The minimum absolute atomic E-state index is 0.0257. The number of aryl methyl sites for hydroxylation is 6. The second kappa shape index (κ2) is 21.2. The molecule has 0 aromatic heterocycles. The van der Waals surface area contributed by atoms with E-state index in [9.17, 15) is 10.2 Å². The van der Waals surface area contributed by atoms with Crippen molar-refractivity contribution in [1.29, 1.82) is 0 Å². The number of hydrogen-bond acceptors (Lipinski definition) is 14. The summed E-state index contributed by atoms with van der Waals surface area (Å²) in [4.78, 5) is 0. The predicted octanol–water partition coefficient (Wildman–Crippen LogP) is 17.7. The molecular weight excluding hydrogens is 989 g/mol. The maximum atomic E-state index is 10.6. The maximum absolute atomic E-state index is 10.6. The molecule has 1 aliphatic rings. The molecule has 0 spiro atoms. The Kier molecular flexibility index (Phi) is 14.6. The molecule has 0 fully saturated rings. The number of rotatable bonds is 16. The molecule has 368 valence electrons. The quantitative estimate of drug-likeness (QED) is 0.0890. The molecular formula is C54H52N4O10P4. The first-order chi connectivity index (χ1) is 34.7. The number of aromatic hydroxyl groups is 2.